The molecule has 1 fully saturated rings. The molecule has 1 aromatic heterocycles. The highest BCUT2D eigenvalue weighted by molar-refractivity contribution is 7.61. The highest BCUT2D eigenvalue weighted by Crippen LogP contribution is 2.57. The van der Waals surface area contributed by atoms with Crippen LogP contribution >= 0.6 is 24.3 Å². The first kappa shape index (κ1) is 22.1. The topological polar surface area (TPSA) is 222 Å². The Morgan fingerprint density at radius 1 is 1.48 bits per heavy atom. The summed E-state index contributed by atoms with van der Waals surface area (Å²) in [7, 11) is -11.8. The van der Waals surface area contributed by atoms with E-state index in [0.29, 0.717) is 0 Å². The van der Waals surface area contributed by atoms with Gasteiger partial charge in [-0.1, -0.05) is 0 Å². The second kappa shape index (κ2) is 9.32. The summed E-state index contributed by atoms with van der Waals surface area (Å²) in [6.45, 7) is -0.539. The summed E-state index contributed by atoms with van der Waals surface area (Å²) in [5.74, 6) is 5.27. The van der Waals surface area contributed by atoms with Crippen molar-refractivity contribution in [1.82, 2.24) is 9.55 Å². The van der Waals surface area contributed by atoms with Crippen molar-refractivity contribution in [2.45, 2.75) is 24.9 Å². The molecule has 0 bridgehead atoms. The molecule has 0 aromatic carbocycles. The number of hydrazine groups is 1. The number of aromatic nitrogens is 2. The van der Waals surface area contributed by atoms with Gasteiger partial charge in [-0.2, -0.15) is 4.98 Å². The molecule has 0 radical (unpaired) electrons. The van der Waals surface area contributed by atoms with E-state index < -0.39 is 55.1 Å². The molecule has 1 aliphatic rings. The minimum Gasteiger partial charge on any atom is -0.390 e. The van der Waals surface area contributed by atoms with E-state index in [1.165, 1.54) is 12.3 Å². The van der Waals surface area contributed by atoms with Gasteiger partial charge in [0.25, 0.3) is 0 Å². The Hall–Kier alpha value is -1.21. The lowest BCUT2D eigenvalue weighted by molar-refractivity contribution is -0.0411. The lowest BCUT2D eigenvalue weighted by Gasteiger charge is -2.14. The Morgan fingerprint density at radius 3 is 2.78 bits per heavy atom. The van der Waals surface area contributed by atoms with Crippen LogP contribution in [0, 0.1) is 0 Å². The van der Waals surface area contributed by atoms with Gasteiger partial charge in [-0.25, -0.2) is 15.2 Å². The fourth-order valence-electron chi connectivity index (χ4n) is 2.09. The molecule has 1 saturated heterocycles. The normalized spacial score (nSPS) is 25.7. The lowest BCUT2D eigenvalue weighted by atomic mass is 10.2. The fraction of sp³-hybridized carbons (Fsp3) is 0.556. The predicted molar refractivity (Wildman–Crippen MR) is 86.2 cm³/mol. The third kappa shape index (κ3) is 6.42. The zero-order chi connectivity index (χ0) is 20.2. The Kier molecular flexibility index (Phi) is 7.63. The summed E-state index contributed by atoms with van der Waals surface area (Å²) in [5.41, 5.74) is 1.50. The van der Waals surface area contributed by atoms with Gasteiger partial charge >= 0.3 is 30.0 Å². The van der Waals surface area contributed by atoms with Crippen LogP contribution in [-0.4, -0.2) is 43.3 Å². The summed E-state index contributed by atoms with van der Waals surface area (Å²) >= 11 is 0. The van der Waals surface area contributed by atoms with Crippen LogP contribution in [0.1, 0.15) is 12.6 Å². The first-order valence-electron chi connectivity index (χ1n) is 6.99. The van der Waals surface area contributed by atoms with Gasteiger partial charge in [0, 0.05) is 30.4 Å². The van der Waals surface area contributed by atoms with Crippen molar-refractivity contribution >= 4 is 30.2 Å². The summed E-state index contributed by atoms with van der Waals surface area (Å²) in [6.07, 6.45) is -1.75. The van der Waals surface area contributed by atoms with Crippen LogP contribution in [-0.2, 0) is 31.6 Å². The van der Waals surface area contributed by atoms with Crippen LogP contribution in [0.25, 0.3) is 0 Å². The molecule has 150 valence electrons. The number of nitrogens with one attached hydrogen (secondary N) is 1. The van der Waals surface area contributed by atoms with E-state index in [1.54, 1.807) is 0 Å². The molecule has 3 unspecified atom stereocenters. The van der Waals surface area contributed by atoms with Crippen LogP contribution in [0.3, 0.4) is 0 Å². The van der Waals surface area contributed by atoms with Gasteiger partial charge in [-0.3, -0.25) is 9.46 Å². The third-order valence-corrected chi connectivity index (χ3v) is 6.28. The molecule has 6 N–H and O–H groups in total. The smallest absolute Gasteiger partial charge is 0.390 e. The first-order chi connectivity index (χ1) is 12.6. The summed E-state index contributed by atoms with van der Waals surface area (Å²) in [4.78, 5) is 32.9. The van der Waals surface area contributed by atoms with E-state index in [0.717, 1.165) is 4.57 Å². The summed E-state index contributed by atoms with van der Waals surface area (Å²) in [6, 6.07) is 1.40. The van der Waals surface area contributed by atoms with Crippen LogP contribution in [0.4, 0.5) is 5.82 Å². The number of aliphatic hydroxyl groups excluding tert-OH is 1. The quantitative estimate of drug-likeness (QED) is 0.185. The SMILES string of the molecule is NNc1ccn([C@H]2C[C@H](O)[C@@H](CO[P+](=O)OP(=O)(O)O[P+](=O)O)O2)c(=O)n1. The van der Waals surface area contributed by atoms with Crippen LogP contribution in [0.2, 0.25) is 0 Å². The van der Waals surface area contributed by atoms with Gasteiger partial charge in [0.05, 0.1) is 6.10 Å². The molecular formula is C9H15N4O11P3+2. The van der Waals surface area contributed by atoms with Gasteiger partial charge in [0.15, 0.2) is 0 Å². The Labute approximate surface area is 152 Å². The molecule has 27 heavy (non-hydrogen) atoms. The number of ether oxygens (including phenoxy) is 1. The molecule has 2 heterocycles. The molecule has 0 spiro atoms. The number of hydrogen-bond acceptors (Lipinski definition) is 12. The highest BCUT2D eigenvalue weighted by atomic mass is 31.3. The average Bonchev–Trinajstić information content (AvgIpc) is 2.91. The van der Waals surface area contributed by atoms with Crippen LogP contribution in [0.15, 0.2) is 17.1 Å². The van der Waals surface area contributed by atoms with Crippen molar-refractivity contribution < 1.29 is 46.5 Å². The number of phosphoric acid groups is 1. The summed E-state index contributed by atoms with van der Waals surface area (Å²) < 4.78 is 51.8. The Bertz CT molecular complexity index is 819. The number of hydrogen-bond donors (Lipinski definition) is 5. The van der Waals surface area contributed by atoms with E-state index in [4.69, 9.17) is 20.4 Å². The molecule has 1 aromatic rings. The minimum absolute atomic E-state index is 0.0186. The van der Waals surface area contributed by atoms with Crippen molar-refractivity contribution in [2.24, 2.45) is 5.84 Å². The summed E-state index contributed by atoms with van der Waals surface area (Å²) in [5, 5.41) is 9.97. The van der Waals surface area contributed by atoms with E-state index in [-0.39, 0.29) is 12.2 Å². The number of rotatable bonds is 9. The standard InChI is InChI=1S/C9H13N4O11P3/c10-12-7-1-2-13(9(15)11-7)8-3-5(14)6(22-8)4-21-26(18)24-27(19,20)23-25(16)17/h1-2,5-6,8,14H,3-4,10H2,(H-2,11,12,15,16,17,19,20)/p+2/t5-,6+,8+/m0/s1. The zero-order valence-corrected chi connectivity index (χ0v) is 15.9. The molecule has 0 saturated carbocycles. The molecule has 0 amide bonds. The second-order valence-electron chi connectivity index (χ2n) is 4.97. The molecule has 0 aliphatic carbocycles. The molecular weight excluding hydrogens is 433 g/mol. The Balaban J connectivity index is 1.92. The van der Waals surface area contributed by atoms with Gasteiger partial charge in [-0.15, -0.1) is 9.42 Å². The van der Waals surface area contributed by atoms with E-state index in [1.807, 2.05) is 0 Å². The molecule has 1 aliphatic heterocycles. The fourth-order valence-corrected chi connectivity index (χ4v) is 4.32. The minimum atomic E-state index is -5.07. The number of anilines is 1. The first-order valence-corrected chi connectivity index (χ1v) is 10.7. The maximum absolute atomic E-state index is 11.9. The van der Waals surface area contributed by atoms with Crippen LogP contribution in [0.5, 0.6) is 0 Å². The highest BCUT2D eigenvalue weighted by Gasteiger charge is 2.46. The van der Waals surface area contributed by atoms with Crippen molar-refractivity contribution in [2.75, 3.05) is 12.0 Å². The molecule has 6 atom stereocenters. The van der Waals surface area contributed by atoms with E-state index >= 15 is 0 Å². The van der Waals surface area contributed by atoms with E-state index in [9.17, 15) is 23.6 Å². The third-order valence-electron chi connectivity index (χ3n) is 3.18. The zero-order valence-electron chi connectivity index (χ0n) is 13.2. The van der Waals surface area contributed by atoms with Crippen molar-refractivity contribution in [3.05, 3.63) is 22.7 Å². The van der Waals surface area contributed by atoms with Crippen LogP contribution < -0.4 is 17.0 Å². The van der Waals surface area contributed by atoms with Gasteiger partial charge < -0.3 is 15.3 Å². The van der Waals surface area contributed by atoms with Crippen molar-refractivity contribution in [3.8, 4) is 0 Å². The van der Waals surface area contributed by atoms with Gasteiger partial charge in [0.1, 0.15) is 24.8 Å². The Morgan fingerprint density at radius 2 is 2.19 bits per heavy atom. The number of aliphatic hydroxyl groups is 1. The maximum Gasteiger partial charge on any atom is 0.708 e. The van der Waals surface area contributed by atoms with Crippen molar-refractivity contribution in [3.63, 3.8) is 0 Å². The molecule has 18 heteroatoms. The lowest BCUT2D eigenvalue weighted by Crippen LogP contribution is -2.28. The number of nitrogens with zero attached hydrogens (tertiary/aromatic N) is 2. The second-order valence-corrected chi connectivity index (χ2v) is 8.39. The van der Waals surface area contributed by atoms with Crippen molar-refractivity contribution in [1.29, 1.82) is 0 Å². The maximum atomic E-state index is 11.9. The molecule has 2 rings (SSSR count). The monoisotopic (exact) mass is 448 g/mol. The number of nitrogen functional groups attached to an aromatic ring is 1. The average molecular weight is 448 g/mol. The predicted octanol–water partition coefficient (Wildman–Crippen LogP) is -0.365. The number of nitrogens with two attached hydrogens (primary N) is 1. The molecule has 15 nitrogen and oxygen atoms in total. The van der Waals surface area contributed by atoms with Gasteiger partial charge in [-0.05, 0) is 6.07 Å². The van der Waals surface area contributed by atoms with Gasteiger partial charge in [0.2, 0.25) is 0 Å². The van der Waals surface area contributed by atoms with E-state index in [2.05, 4.69) is 23.6 Å². The largest absolute Gasteiger partial charge is 0.708 e.